The molecule has 0 aliphatic carbocycles. The lowest BCUT2D eigenvalue weighted by Crippen LogP contribution is -2.25. The summed E-state index contributed by atoms with van der Waals surface area (Å²) >= 11 is 0. The summed E-state index contributed by atoms with van der Waals surface area (Å²) in [5, 5.41) is 0. The molecule has 26 heavy (non-hydrogen) atoms. The summed E-state index contributed by atoms with van der Waals surface area (Å²) in [6.07, 6.45) is -4.21. The molecular formula is C17H17F5N4. The normalized spacial score (nSPS) is 17.7. The number of alkyl halides is 3. The molecule has 1 unspecified atom stereocenters. The minimum Gasteiger partial charge on any atom is -0.363 e. The Morgan fingerprint density at radius 2 is 1.77 bits per heavy atom. The molecule has 0 bridgehead atoms. The van der Waals surface area contributed by atoms with Crippen molar-refractivity contribution in [2.45, 2.75) is 18.5 Å². The number of nitrogens with zero attached hydrogens (tertiary/aromatic N) is 4. The molecule has 1 fully saturated rings. The number of anilines is 2. The molecule has 3 rings (SSSR count). The average Bonchev–Trinajstić information content (AvgIpc) is 3.03. The maximum Gasteiger partial charge on any atom is 0.433 e. The molecule has 0 amide bonds. The SMILES string of the molecule is CN(C)c1cc(C(F)(F)F)nc(N2CCC(c3c(F)cccc3F)C2)n1. The zero-order valence-electron chi connectivity index (χ0n) is 14.2. The van der Waals surface area contributed by atoms with E-state index >= 15 is 0 Å². The lowest BCUT2D eigenvalue weighted by atomic mass is 9.97. The molecule has 1 saturated heterocycles. The number of hydrogen-bond acceptors (Lipinski definition) is 4. The molecule has 140 valence electrons. The van der Waals surface area contributed by atoms with Crippen molar-refractivity contribution in [1.29, 1.82) is 0 Å². The van der Waals surface area contributed by atoms with Crippen LogP contribution in [0, 0.1) is 11.6 Å². The molecular weight excluding hydrogens is 355 g/mol. The lowest BCUT2D eigenvalue weighted by molar-refractivity contribution is -0.141. The van der Waals surface area contributed by atoms with Crippen molar-refractivity contribution < 1.29 is 22.0 Å². The van der Waals surface area contributed by atoms with Crippen LogP contribution in [0.15, 0.2) is 24.3 Å². The predicted octanol–water partition coefficient (Wildman–Crippen LogP) is 3.83. The Morgan fingerprint density at radius 1 is 1.12 bits per heavy atom. The highest BCUT2D eigenvalue weighted by molar-refractivity contribution is 5.47. The second-order valence-corrected chi connectivity index (χ2v) is 6.37. The van der Waals surface area contributed by atoms with E-state index in [-0.39, 0.29) is 23.9 Å². The minimum atomic E-state index is -4.61. The molecule has 9 heteroatoms. The predicted molar refractivity (Wildman–Crippen MR) is 87.3 cm³/mol. The van der Waals surface area contributed by atoms with Crippen molar-refractivity contribution in [2.75, 3.05) is 37.0 Å². The fraction of sp³-hybridized carbons (Fsp3) is 0.412. The van der Waals surface area contributed by atoms with E-state index in [0.29, 0.717) is 13.0 Å². The molecule has 1 aliphatic rings. The van der Waals surface area contributed by atoms with Gasteiger partial charge in [-0.15, -0.1) is 0 Å². The van der Waals surface area contributed by atoms with Gasteiger partial charge in [0, 0.05) is 44.7 Å². The number of rotatable bonds is 3. The number of benzene rings is 1. The zero-order chi connectivity index (χ0) is 19.1. The van der Waals surface area contributed by atoms with Crippen molar-refractivity contribution in [3.05, 3.63) is 47.2 Å². The van der Waals surface area contributed by atoms with Crippen LogP contribution in [0.3, 0.4) is 0 Å². The number of hydrogen-bond donors (Lipinski definition) is 0. The van der Waals surface area contributed by atoms with Crippen LogP contribution in [0.4, 0.5) is 33.7 Å². The monoisotopic (exact) mass is 372 g/mol. The Labute approximate surface area is 147 Å². The van der Waals surface area contributed by atoms with Gasteiger partial charge in [0.2, 0.25) is 5.95 Å². The van der Waals surface area contributed by atoms with Gasteiger partial charge in [-0.2, -0.15) is 18.2 Å². The van der Waals surface area contributed by atoms with Crippen LogP contribution >= 0.6 is 0 Å². The standard InChI is InChI=1S/C17H17F5N4/c1-25(2)14-8-13(17(20,21)22)23-16(24-14)26-7-6-10(9-26)15-11(18)4-3-5-12(15)19/h3-5,8,10H,6-7,9H2,1-2H3. The van der Waals surface area contributed by atoms with E-state index in [1.807, 2.05) is 0 Å². The summed E-state index contributed by atoms with van der Waals surface area (Å²) in [6.45, 7) is 0.457. The van der Waals surface area contributed by atoms with Crippen molar-refractivity contribution in [2.24, 2.45) is 0 Å². The van der Waals surface area contributed by atoms with Crippen molar-refractivity contribution >= 4 is 11.8 Å². The van der Waals surface area contributed by atoms with E-state index in [9.17, 15) is 22.0 Å². The highest BCUT2D eigenvalue weighted by atomic mass is 19.4. The van der Waals surface area contributed by atoms with Gasteiger partial charge < -0.3 is 9.80 Å². The molecule has 0 radical (unpaired) electrons. The van der Waals surface area contributed by atoms with Crippen molar-refractivity contribution in [1.82, 2.24) is 9.97 Å². The summed E-state index contributed by atoms with van der Waals surface area (Å²) in [6, 6.07) is 4.49. The molecule has 1 atom stereocenters. The van der Waals surface area contributed by atoms with Gasteiger partial charge in [-0.25, -0.2) is 13.8 Å². The third-order valence-corrected chi connectivity index (χ3v) is 4.33. The van der Waals surface area contributed by atoms with Crippen molar-refractivity contribution in [3.63, 3.8) is 0 Å². The molecule has 1 aliphatic heterocycles. The molecule has 4 nitrogen and oxygen atoms in total. The largest absolute Gasteiger partial charge is 0.433 e. The van der Waals surface area contributed by atoms with Gasteiger partial charge in [-0.1, -0.05) is 6.07 Å². The third kappa shape index (κ3) is 3.56. The highest BCUT2D eigenvalue weighted by Crippen LogP contribution is 2.35. The summed E-state index contributed by atoms with van der Waals surface area (Å²) in [4.78, 5) is 10.7. The van der Waals surface area contributed by atoms with Crippen LogP contribution in [0.2, 0.25) is 0 Å². The molecule has 0 spiro atoms. The van der Waals surface area contributed by atoms with Gasteiger partial charge in [0.25, 0.3) is 0 Å². The molecule has 1 aromatic carbocycles. The van der Waals surface area contributed by atoms with Crippen molar-refractivity contribution in [3.8, 4) is 0 Å². The van der Waals surface area contributed by atoms with E-state index in [2.05, 4.69) is 9.97 Å². The second kappa shape index (κ2) is 6.69. The van der Waals surface area contributed by atoms with Crippen LogP contribution in [0.5, 0.6) is 0 Å². The molecule has 0 N–H and O–H groups in total. The first-order valence-corrected chi connectivity index (χ1v) is 7.99. The first-order chi connectivity index (χ1) is 12.2. The van der Waals surface area contributed by atoms with E-state index < -0.39 is 29.4 Å². The number of halogens is 5. The Bertz CT molecular complexity index is 786. The van der Waals surface area contributed by atoms with Gasteiger partial charge in [-0.3, -0.25) is 0 Å². The Kier molecular flexibility index (Phi) is 4.72. The first-order valence-electron chi connectivity index (χ1n) is 7.99. The lowest BCUT2D eigenvalue weighted by Gasteiger charge is -2.21. The fourth-order valence-electron chi connectivity index (χ4n) is 3.02. The van der Waals surface area contributed by atoms with Gasteiger partial charge in [0.1, 0.15) is 17.5 Å². The number of aromatic nitrogens is 2. The van der Waals surface area contributed by atoms with E-state index in [1.165, 1.54) is 28.0 Å². The second-order valence-electron chi connectivity index (χ2n) is 6.37. The first kappa shape index (κ1) is 18.3. The van der Waals surface area contributed by atoms with Gasteiger partial charge in [-0.05, 0) is 18.6 Å². The zero-order valence-corrected chi connectivity index (χ0v) is 14.2. The molecule has 1 aromatic heterocycles. The minimum absolute atomic E-state index is 0.0465. The summed E-state index contributed by atoms with van der Waals surface area (Å²) < 4.78 is 67.3. The van der Waals surface area contributed by atoms with E-state index in [0.717, 1.165) is 6.07 Å². The van der Waals surface area contributed by atoms with Gasteiger partial charge in [0.15, 0.2) is 5.69 Å². The highest BCUT2D eigenvalue weighted by Gasteiger charge is 2.36. The molecule has 2 heterocycles. The summed E-state index contributed by atoms with van der Waals surface area (Å²) in [7, 11) is 3.15. The van der Waals surface area contributed by atoms with Crippen LogP contribution in [-0.2, 0) is 6.18 Å². The molecule has 0 saturated carbocycles. The molecule has 2 aromatic rings. The van der Waals surface area contributed by atoms with E-state index in [1.54, 1.807) is 14.1 Å². The van der Waals surface area contributed by atoms with Crippen LogP contribution in [0.25, 0.3) is 0 Å². The van der Waals surface area contributed by atoms with Crippen LogP contribution < -0.4 is 9.80 Å². The summed E-state index contributed by atoms with van der Waals surface area (Å²) in [5.41, 5.74) is -1.10. The Hall–Kier alpha value is -2.45. The summed E-state index contributed by atoms with van der Waals surface area (Å²) in [5.74, 6) is -1.77. The fourth-order valence-corrected chi connectivity index (χ4v) is 3.02. The topological polar surface area (TPSA) is 32.3 Å². The third-order valence-electron chi connectivity index (χ3n) is 4.33. The van der Waals surface area contributed by atoms with Gasteiger partial charge in [0.05, 0.1) is 0 Å². The maximum atomic E-state index is 14.0. The van der Waals surface area contributed by atoms with Gasteiger partial charge >= 0.3 is 6.18 Å². The smallest absolute Gasteiger partial charge is 0.363 e. The Morgan fingerprint density at radius 3 is 2.35 bits per heavy atom. The average molecular weight is 372 g/mol. The quantitative estimate of drug-likeness (QED) is 0.767. The van der Waals surface area contributed by atoms with Crippen LogP contribution in [-0.4, -0.2) is 37.2 Å². The van der Waals surface area contributed by atoms with Crippen LogP contribution in [0.1, 0.15) is 23.6 Å². The Balaban J connectivity index is 1.92. The van der Waals surface area contributed by atoms with E-state index in [4.69, 9.17) is 0 Å². The maximum absolute atomic E-state index is 14.0.